The highest BCUT2D eigenvalue weighted by Gasteiger charge is 2.26. The van der Waals surface area contributed by atoms with E-state index in [0.717, 1.165) is 42.9 Å². The zero-order valence-corrected chi connectivity index (χ0v) is 21.0. The molecule has 2 aromatic carbocycles. The van der Waals surface area contributed by atoms with Gasteiger partial charge in [-0.3, -0.25) is 23.4 Å². The summed E-state index contributed by atoms with van der Waals surface area (Å²) in [5, 5.41) is 0.660. The maximum Gasteiger partial charge on any atom is 0.332 e. The summed E-state index contributed by atoms with van der Waals surface area (Å²) in [6.07, 6.45) is 0. The summed E-state index contributed by atoms with van der Waals surface area (Å²) >= 11 is 6.08. The van der Waals surface area contributed by atoms with Crippen LogP contribution in [0.1, 0.15) is 16.7 Å². The van der Waals surface area contributed by atoms with Crippen molar-refractivity contribution in [3.8, 4) is 0 Å². The van der Waals surface area contributed by atoms with E-state index in [1.165, 1.54) is 22.7 Å². The van der Waals surface area contributed by atoms with E-state index in [-0.39, 0.29) is 11.2 Å². The summed E-state index contributed by atoms with van der Waals surface area (Å²) < 4.78 is 4.54. The van der Waals surface area contributed by atoms with E-state index in [4.69, 9.17) is 16.6 Å². The Morgan fingerprint density at radius 1 is 0.886 bits per heavy atom. The normalized spacial score (nSPS) is 14.7. The SMILES string of the molecule is Cc1cccc(CN2CCN(c3nc4c(c(=O)n(C)c(=O)n4C)n3Cc3ccc(Cl)cc3)CC2)c1. The predicted octanol–water partition coefficient (Wildman–Crippen LogP) is 2.77. The fraction of sp³-hybridized carbons (Fsp3) is 0.346. The third-order valence-corrected chi connectivity index (χ3v) is 6.98. The molecule has 0 saturated carbocycles. The van der Waals surface area contributed by atoms with Crippen LogP contribution in [-0.4, -0.2) is 49.8 Å². The Morgan fingerprint density at radius 2 is 1.60 bits per heavy atom. The molecule has 0 aliphatic carbocycles. The number of benzene rings is 2. The van der Waals surface area contributed by atoms with E-state index in [0.29, 0.717) is 28.7 Å². The molecule has 182 valence electrons. The first kappa shape index (κ1) is 23.4. The van der Waals surface area contributed by atoms with Gasteiger partial charge in [-0.2, -0.15) is 4.98 Å². The van der Waals surface area contributed by atoms with E-state index in [1.54, 1.807) is 7.05 Å². The molecule has 0 unspecified atom stereocenters. The molecule has 0 atom stereocenters. The fourth-order valence-corrected chi connectivity index (χ4v) is 4.90. The van der Waals surface area contributed by atoms with Crippen LogP contribution in [-0.2, 0) is 27.2 Å². The summed E-state index contributed by atoms with van der Waals surface area (Å²) in [7, 11) is 3.17. The third kappa shape index (κ3) is 4.51. The minimum absolute atomic E-state index is 0.339. The van der Waals surface area contributed by atoms with Crippen molar-refractivity contribution in [2.75, 3.05) is 31.1 Å². The largest absolute Gasteiger partial charge is 0.340 e. The number of aryl methyl sites for hydroxylation is 2. The lowest BCUT2D eigenvalue weighted by molar-refractivity contribution is 0.248. The number of hydrogen-bond acceptors (Lipinski definition) is 5. The monoisotopic (exact) mass is 492 g/mol. The molecule has 5 rings (SSSR count). The molecule has 35 heavy (non-hydrogen) atoms. The number of aromatic nitrogens is 4. The number of imidazole rings is 1. The first-order chi connectivity index (χ1) is 16.8. The summed E-state index contributed by atoms with van der Waals surface area (Å²) in [5.41, 5.74) is 3.70. The second kappa shape index (κ2) is 9.36. The van der Waals surface area contributed by atoms with E-state index >= 15 is 0 Å². The Hall–Kier alpha value is -3.36. The molecule has 3 heterocycles. The molecule has 9 heteroatoms. The molecular formula is C26H29ClN6O2. The summed E-state index contributed by atoms with van der Waals surface area (Å²) in [6.45, 7) is 6.81. The van der Waals surface area contributed by atoms with Gasteiger partial charge < -0.3 is 4.90 Å². The number of piperazine rings is 1. The number of anilines is 1. The number of hydrogen-bond donors (Lipinski definition) is 0. The molecule has 0 radical (unpaired) electrons. The van der Waals surface area contributed by atoms with E-state index in [2.05, 4.69) is 41.0 Å². The maximum absolute atomic E-state index is 13.2. The van der Waals surface area contributed by atoms with Crippen molar-refractivity contribution in [3.05, 3.63) is 91.1 Å². The Kier molecular flexibility index (Phi) is 6.25. The van der Waals surface area contributed by atoms with Crippen molar-refractivity contribution < 1.29 is 0 Å². The second-order valence-corrected chi connectivity index (χ2v) is 9.69. The van der Waals surface area contributed by atoms with Crippen LogP contribution in [0.25, 0.3) is 11.2 Å². The van der Waals surface area contributed by atoms with Crippen LogP contribution >= 0.6 is 11.6 Å². The van der Waals surface area contributed by atoms with Crippen molar-refractivity contribution in [2.45, 2.75) is 20.0 Å². The van der Waals surface area contributed by atoms with Crippen molar-refractivity contribution >= 4 is 28.7 Å². The first-order valence-electron chi connectivity index (χ1n) is 11.8. The lowest BCUT2D eigenvalue weighted by atomic mass is 10.1. The number of rotatable bonds is 5. The van der Waals surface area contributed by atoms with Crippen LogP contribution in [0.2, 0.25) is 5.02 Å². The van der Waals surface area contributed by atoms with Gasteiger partial charge in [0, 0.05) is 51.8 Å². The smallest absolute Gasteiger partial charge is 0.332 e. The van der Waals surface area contributed by atoms with Crippen LogP contribution in [0.3, 0.4) is 0 Å². The molecule has 8 nitrogen and oxygen atoms in total. The van der Waals surface area contributed by atoms with E-state index in [1.807, 2.05) is 28.8 Å². The molecule has 0 amide bonds. The summed E-state index contributed by atoms with van der Waals surface area (Å²) in [5.74, 6) is 0.712. The Labute approximate surface area is 208 Å². The molecule has 1 saturated heterocycles. The maximum atomic E-state index is 13.2. The molecule has 1 aliphatic heterocycles. The topological polar surface area (TPSA) is 68.3 Å². The number of fused-ring (bicyclic) bond motifs is 1. The fourth-order valence-electron chi connectivity index (χ4n) is 4.77. The highest BCUT2D eigenvalue weighted by atomic mass is 35.5. The predicted molar refractivity (Wildman–Crippen MR) is 139 cm³/mol. The molecule has 0 N–H and O–H groups in total. The number of nitrogens with zero attached hydrogens (tertiary/aromatic N) is 6. The summed E-state index contributed by atoms with van der Waals surface area (Å²) in [4.78, 5) is 35.2. The Bertz CT molecular complexity index is 1490. The van der Waals surface area contributed by atoms with Crippen LogP contribution in [0.4, 0.5) is 5.95 Å². The molecule has 1 fully saturated rings. The van der Waals surface area contributed by atoms with Crippen molar-refractivity contribution in [2.24, 2.45) is 14.1 Å². The molecule has 1 aliphatic rings. The molecule has 2 aromatic heterocycles. The van der Waals surface area contributed by atoms with Crippen molar-refractivity contribution in [1.29, 1.82) is 0 Å². The number of halogens is 1. The van der Waals surface area contributed by atoms with Crippen molar-refractivity contribution in [3.63, 3.8) is 0 Å². The highest BCUT2D eigenvalue weighted by Crippen LogP contribution is 2.23. The van der Waals surface area contributed by atoms with Crippen LogP contribution < -0.4 is 16.1 Å². The van der Waals surface area contributed by atoms with Gasteiger partial charge in [-0.1, -0.05) is 53.6 Å². The minimum atomic E-state index is -0.381. The Balaban J connectivity index is 1.49. The Morgan fingerprint density at radius 3 is 2.29 bits per heavy atom. The quantitative estimate of drug-likeness (QED) is 0.428. The molecule has 0 spiro atoms. The van der Waals surface area contributed by atoms with Crippen LogP contribution in [0.15, 0.2) is 58.1 Å². The average Bonchev–Trinajstić information content (AvgIpc) is 3.22. The van der Waals surface area contributed by atoms with E-state index in [9.17, 15) is 9.59 Å². The zero-order valence-electron chi connectivity index (χ0n) is 20.2. The van der Waals surface area contributed by atoms with Gasteiger partial charge >= 0.3 is 5.69 Å². The molecule has 0 bridgehead atoms. The van der Waals surface area contributed by atoms with Gasteiger partial charge in [0.25, 0.3) is 5.56 Å². The highest BCUT2D eigenvalue weighted by molar-refractivity contribution is 6.30. The average molecular weight is 493 g/mol. The zero-order chi connectivity index (χ0) is 24.7. The summed E-state index contributed by atoms with van der Waals surface area (Å²) in [6, 6.07) is 16.2. The van der Waals surface area contributed by atoms with Gasteiger partial charge in [0.1, 0.15) is 0 Å². The standard InChI is InChI=1S/C26H29ClN6O2/c1-18-5-4-6-20(15-18)16-31-11-13-32(14-12-31)25-28-23-22(24(34)30(3)26(35)29(23)2)33(25)17-19-7-9-21(27)10-8-19/h4-10,15H,11-14,16-17H2,1-3H3. The van der Waals surface area contributed by atoms with E-state index < -0.39 is 0 Å². The van der Waals surface area contributed by atoms with Crippen LogP contribution in [0.5, 0.6) is 0 Å². The van der Waals surface area contributed by atoms with Gasteiger partial charge in [-0.15, -0.1) is 0 Å². The molecular weight excluding hydrogens is 464 g/mol. The van der Waals surface area contributed by atoms with Gasteiger partial charge in [-0.25, -0.2) is 4.79 Å². The van der Waals surface area contributed by atoms with Gasteiger partial charge in [-0.05, 0) is 30.2 Å². The van der Waals surface area contributed by atoms with Crippen LogP contribution in [0, 0.1) is 6.92 Å². The molecule has 4 aromatic rings. The van der Waals surface area contributed by atoms with Crippen molar-refractivity contribution in [1.82, 2.24) is 23.6 Å². The van der Waals surface area contributed by atoms with Gasteiger partial charge in [0.15, 0.2) is 11.2 Å². The van der Waals surface area contributed by atoms with Gasteiger partial charge in [0.05, 0.1) is 6.54 Å². The lowest BCUT2D eigenvalue weighted by Crippen LogP contribution is -2.47. The lowest BCUT2D eigenvalue weighted by Gasteiger charge is -2.35. The minimum Gasteiger partial charge on any atom is -0.340 e. The third-order valence-electron chi connectivity index (χ3n) is 6.73. The second-order valence-electron chi connectivity index (χ2n) is 9.25. The first-order valence-corrected chi connectivity index (χ1v) is 12.1. The van der Waals surface area contributed by atoms with Gasteiger partial charge in [0.2, 0.25) is 5.95 Å².